The monoisotopic (exact) mass is 338 g/mol. The first kappa shape index (κ1) is 16.3. The zero-order chi connectivity index (χ0) is 17.2. The average Bonchev–Trinajstić information content (AvgIpc) is 3.35. The molecule has 0 aliphatic heterocycles. The summed E-state index contributed by atoms with van der Waals surface area (Å²) in [6.07, 6.45) is 7.51. The van der Waals surface area contributed by atoms with Gasteiger partial charge in [-0.3, -0.25) is 4.79 Å². The molecule has 2 unspecified atom stereocenters. The van der Waals surface area contributed by atoms with Crippen molar-refractivity contribution in [3.63, 3.8) is 0 Å². The molecular formula is C20H26N4O. The molecule has 25 heavy (non-hydrogen) atoms. The number of rotatable bonds is 4. The van der Waals surface area contributed by atoms with Gasteiger partial charge in [-0.2, -0.15) is 5.10 Å². The minimum Gasteiger partial charge on any atom is -0.328 e. The fraction of sp³-hybridized carbons (Fsp3) is 0.500. The summed E-state index contributed by atoms with van der Waals surface area (Å²) in [4.78, 5) is 12.7. The van der Waals surface area contributed by atoms with E-state index in [0.29, 0.717) is 5.92 Å². The van der Waals surface area contributed by atoms with Crippen LogP contribution in [0, 0.1) is 5.92 Å². The number of nitrogens with one attached hydrogen (secondary N) is 1. The van der Waals surface area contributed by atoms with Crippen LogP contribution in [0.3, 0.4) is 0 Å². The van der Waals surface area contributed by atoms with Gasteiger partial charge in [-0.15, -0.1) is 0 Å². The van der Waals surface area contributed by atoms with E-state index < -0.39 is 0 Å². The Morgan fingerprint density at radius 3 is 2.56 bits per heavy atom. The molecule has 1 heterocycles. The van der Waals surface area contributed by atoms with Gasteiger partial charge in [-0.1, -0.05) is 31.0 Å². The summed E-state index contributed by atoms with van der Waals surface area (Å²) in [5.74, 6) is 1.38. The summed E-state index contributed by atoms with van der Waals surface area (Å²) >= 11 is 0. The Kier molecular flexibility index (Phi) is 4.57. The van der Waals surface area contributed by atoms with Gasteiger partial charge in [0.15, 0.2) is 0 Å². The first-order valence-electron chi connectivity index (χ1n) is 9.42. The fourth-order valence-corrected chi connectivity index (χ4v) is 4.16. The van der Waals surface area contributed by atoms with E-state index in [0.717, 1.165) is 36.5 Å². The normalized spacial score (nSPS) is 23.9. The molecule has 2 aliphatic carbocycles. The molecule has 0 bridgehead atoms. The maximum absolute atomic E-state index is 12.7. The summed E-state index contributed by atoms with van der Waals surface area (Å²) < 4.78 is 1.88. The highest BCUT2D eigenvalue weighted by Crippen LogP contribution is 2.35. The molecule has 0 saturated heterocycles. The molecule has 4 rings (SSSR count). The van der Waals surface area contributed by atoms with Crippen molar-refractivity contribution in [2.75, 3.05) is 5.32 Å². The SMILES string of the molecule is NC1CCC(C(=O)Nc2cc(C3CCCC3)nn2-c2ccccc2)C1. The molecule has 2 saturated carbocycles. The molecule has 2 aliphatic rings. The van der Waals surface area contributed by atoms with Crippen molar-refractivity contribution in [3.05, 3.63) is 42.1 Å². The molecule has 1 amide bonds. The van der Waals surface area contributed by atoms with Crippen LogP contribution in [0.15, 0.2) is 36.4 Å². The number of anilines is 1. The Balaban J connectivity index is 1.61. The van der Waals surface area contributed by atoms with Crippen LogP contribution in [0.25, 0.3) is 5.69 Å². The molecular weight excluding hydrogens is 312 g/mol. The summed E-state index contributed by atoms with van der Waals surface area (Å²) in [5, 5.41) is 7.96. The molecule has 3 N–H and O–H groups in total. The highest BCUT2D eigenvalue weighted by atomic mass is 16.2. The number of hydrogen-bond acceptors (Lipinski definition) is 3. The smallest absolute Gasteiger partial charge is 0.228 e. The second-order valence-electron chi connectivity index (χ2n) is 7.44. The van der Waals surface area contributed by atoms with Gasteiger partial charge in [0.2, 0.25) is 5.91 Å². The van der Waals surface area contributed by atoms with Gasteiger partial charge in [-0.05, 0) is 44.2 Å². The van der Waals surface area contributed by atoms with Crippen LogP contribution in [-0.2, 0) is 4.79 Å². The topological polar surface area (TPSA) is 72.9 Å². The molecule has 0 radical (unpaired) electrons. The lowest BCUT2D eigenvalue weighted by Gasteiger charge is -2.12. The number of benzene rings is 1. The number of para-hydroxylation sites is 1. The number of hydrogen-bond donors (Lipinski definition) is 2. The second-order valence-corrected chi connectivity index (χ2v) is 7.44. The Labute approximate surface area is 148 Å². The maximum atomic E-state index is 12.7. The summed E-state index contributed by atoms with van der Waals surface area (Å²) in [6.45, 7) is 0. The van der Waals surface area contributed by atoms with Crippen molar-refractivity contribution in [1.82, 2.24) is 9.78 Å². The highest BCUT2D eigenvalue weighted by Gasteiger charge is 2.29. The zero-order valence-corrected chi connectivity index (χ0v) is 14.5. The van der Waals surface area contributed by atoms with E-state index in [1.807, 2.05) is 35.0 Å². The molecule has 0 spiro atoms. The minimum atomic E-state index is 0.0176. The van der Waals surface area contributed by atoms with Gasteiger partial charge in [0.1, 0.15) is 5.82 Å². The number of carbonyl (C=O) groups is 1. The fourth-order valence-electron chi connectivity index (χ4n) is 4.16. The quantitative estimate of drug-likeness (QED) is 0.894. The van der Waals surface area contributed by atoms with Crippen molar-refractivity contribution in [3.8, 4) is 5.69 Å². The summed E-state index contributed by atoms with van der Waals surface area (Å²) in [6, 6.07) is 12.2. The second kappa shape index (κ2) is 7.00. The van der Waals surface area contributed by atoms with Crippen molar-refractivity contribution in [2.45, 2.75) is 56.9 Å². The maximum Gasteiger partial charge on any atom is 0.228 e. The van der Waals surface area contributed by atoms with Gasteiger partial charge in [-0.25, -0.2) is 4.68 Å². The Morgan fingerprint density at radius 2 is 1.88 bits per heavy atom. The molecule has 1 aromatic heterocycles. The summed E-state index contributed by atoms with van der Waals surface area (Å²) in [5.41, 5.74) is 8.04. The van der Waals surface area contributed by atoms with Crippen LogP contribution in [0.4, 0.5) is 5.82 Å². The van der Waals surface area contributed by atoms with E-state index in [9.17, 15) is 4.79 Å². The first-order chi connectivity index (χ1) is 12.2. The predicted molar refractivity (Wildman–Crippen MR) is 98.7 cm³/mol. The number of amides is 1. The number of nitrogens with two attached hydrogens (primary N) is 1. The molecule has 1 aromatic carbocycles. The average molecular weight is 338 g/mol. The van der Waals surface area contributed by atoms with E-state index in [-0.39, 0.29) is 17.9 Å². The van der Waals surface area contributed by atoms with E-state index >= 15 is 0 Å². The van der Waals surface area contributed by atoms with Crippen LogP contribution in [0.5, 0.6) is 0 Å². The Hall–Kier alpha value is -2.14. The van der Waals surface area contributed by atoms with Crippen molar-refractivity contribution >= 4 is 11.7 Å². The minimum absolute atomic E-state index is 0.0176. The lowest BCUT2D eigenvalue weighted by Crippen LogP contribution is -2.24. The summed E-state index contributed by atoms with van der Waals surface area (Å²) in [7, 11) is 0. The third-order valence-corrected chi connectivity index (χ3v) is 5.60. The standard InChI is InChI=1S/C20H26N4O/c21-16-11-10-15(12-16)20(25)22-19-13-18(14-6-4-5-7-14)23-24(19)17-8-2-1-3-9-17/h1-3,8-9,13-16H,4-7,10-12,21H2,(H,22,25). The van der Waals surface area contributed by atoms with Crippen LogP contribution >= 0.6 is 0 Å². The highest BCUT2D eigenvalue weighted by molar-refractivity contribution is 5.92. The van der Waals surface area contributed by atoms with E-state index in [1.54, 1.807) is 0 Å². The predicted octanol–water partition coefficient (Wildman–Crippen LogP) is 3.60. The largest absolute Gasteiger partial charge is 0.328 e. The van der Waals surface area contributed by atoms with Gasteiger partial charge in [0, 0.05) is 23.9 Å². The number of nitrogens with zero attached hydrogens (tertiary/aromatic N) is 2. The molecule has 2 aromatic rings. The Bertz CT molecular complexity index is 733. The molecule has 132 valence electrons. The third kappa shape index (κ3) is 3.47. The third-order valence-electron chi connectivity index (χ3n) is 5.60. The van der Waals surface area contributed by atoms with Gasteiger partial charge >= 0.3 is 0 Å². The van der Waals surface area contributed by atoms with Crippen LogP contribution in [-0.4, -0.2) is 21.7 Å². The molecule has 2 atom stereocenters. The number of aromatic nitrogens is 2. The van der Waals surface area contributed by atoms with Crippen LogP contribution in [0.1, 0.15) is 56.6 Å². The number of carbonyl (C=O) groups excluding carboxylic acids is 1. The van der Waals surface area contributed by atoms with E-state index in [1.165, 1.54) is 25.7 Å². The lowest BCUT2D eigenvalue weighted by molar-refractivity contribution is -0.119. The van der Waals surface area contributed by atoms with Crippen LogP contribution < -0.4 is 11.1 Å². The van der Waals surface area contributed by atoms with E-state index in [4.69, 9.17) is 10.8 Å². The van der Waals surface area contributed by atoms with Crippen molar-refractivity contribution in [2.24, 2.45) is 11.7 Å². The van der Waals surface area contributed by atoms with Gasteiger partial charge in [0.05, 0.1) is 11.4 Å². The van der Waals surface area contributed by atoms with Gasteiger partial charge in [0.25, 0.3) is 0 Å². The van der Waals surface area contributed by atoms with Crippen molar-refractivity contribution in [1.29, 1.82) is 0 Å². The zero-order valence-electron chi connectivity index (χ0n) is 14.5. The molecule has 5 heteroatoms. The lowest BCUT2D eigenvalue weighted by atomic mass is 10.0. The van der Waals surface area contributed by atoms with Crippen molar-refractivity contribution < 1.29 is 4.79 Å². The molecule has 5 nitrogen and oxygen atoms in total. The van der Waals surface area contributed by atoms with E-state index in [2.05, 4.69) is 11.4 Å². The van der Waals surface area contributed by atoms with Crippen LogP contribution in [0.2, 0.25) is 0 Å². The first-order valence-corrected chi connectivity index (χ1v) is 9.42. The molecule has 2 fully saturated rings. The Morgan fingerprint density at radius 1 is 1.12 bits per heavy atom. The van der Waals surface area contributed by atoms with Gasteiger partial charge < -0.3 is 11.1 Å².